The Balaban J connectivity index is 2.38. The van der Waals surface area contributed by atoms with Crippen LogP contribution in [0.15, 0.2) is 41.3 Å². The molecule has 13 heteroatoms. The van der Waals surface area contributed by atoms with Crippen molar-refractivity contribution in [1.82, 2.24) is 0 Å². The molecule has 0 radical (unpaired) electrons. The summed E-state index contributed by atoms with van der Waals surface area (Å²) in [7, 11) is 1.07. The van der Waals surface area contributed by atoms with Crippen LogP contribution in [0.25, 0.3) is 0 Å². The number of alkyl halides is 5. The van der Waals surface area contributed by atoms with Gasteiger partial charge in [0.1, 0.15) is 5.56 Å². The number of ether oxygens (including phenoxy) is 2. The van der Waals surface area contributed by atoms with Crippen molar-refractivity contribution in [2.45, 2.75) is 17.7 Å². The molecule has 0 heterocycles. The molecule has 1 N–H and O–H groups in total. The summed E-state index contributed by atoms with van der Waals surface area (Å²) in [4.78, 5) is 23.0. The van der Waals surface area contributed by atoms with Crippen LogP contribution in [-0.2, 0) is 0 Å². The molecule has 0 saturated carbocycles. The van der Waals surface area contributed by atoms with Crippen molar-refractivity contribution in [2.75, 3.05) is 18.2 Å². The minimum absolute atomic E-state index is 0.0158. The molecule has 30 heavy (non-hydrogen) atoms. The number of rotatable bonds is 8. The van der Waals surface area contributed by atoms with E-state index in [0.717, 1.165) is 13.2 Å². The van der Waals surface area contributed by atoms with Crippen LogP contribution in [0, 0.1) is 10.1 Å². The molecule has 0 atom stereocenters. The maximum absolute atomic E-state index is 12.6. The van der Waals surface area contributed by atoms with Gasteiger partial charge < -0.3 is 14.8 Å². The molecule has 0 fully saturated rings. The molecule has 2 rings (SSSR count). The number of nitrogens with zero attached hydrogens (tertiary/aromatic N) is 1. The van der Waals surface area contributed by atoms with E-state index in [2.05, 4.69) is 10.1 Å². The number of hydrogen-bond donors (Lipinski definition) is 1. The van der Waals surface area contributed by atoms with Gasteiger partial charge in [-0.2, -0.15) is 22.0 Å². The van der Waals surface area contributed by atoms with Crippen LogP contribution >= 0.6 is 11.8 Å². The van der Waals surface area contributed by atoms with Gasteiger partial charge in [-0.1, -0.05) is 12.1 Å². The third-order valence-corrected chi connectivity index (χ3v) is 4.60. The number of amides is 1. The van der Waals surface area contributed by atoms with E-state index in [4.69, 9.17) is 4.74 Å². The summed E-state index contributed by atoms with van der Waals surface area (Å²) < 4.78 is 71.5. The first-order chi connectivity index (χ1) is 14.0. The Morgan fingerprint density at radius 2 is 1.90 bits per heavy atom. The van der Waals surface area contributed by atoms with Crippen molar-refractivity contribution in [3.63, 3.8) is 0 Å². The molecule has 0 aromatic heterocycles. The standard InChI is InChI=1S/C17H13F5N2O5S/c1-28-12-6-9(11(24(26)27)7-13(12)29-16(18)19)15(25)23-10-4-2-3-5-14(10)30-8-17(20,21)22/h2-7,16H,8H2,1H3,(H,23,25). The zero-order valence-electron chi connectivity index (χ0n) is 15.0. The maximum atomic E-state index is 12.6. The van der Waals surface area contributed by atoms with Crippen molar-refractivity contribution in [2.24, 2.45) is 0 Å². The second kappa shape index (κ2) is 9.61. The molecule has 0 aliphatic carbocycles. The molecule has 2 aromatic rings. The van der Waals surface area contributed by atoms with Gasteiger partial charge in [0.25, 0.3) is 11.6 Å². The summed E-state index contributed by atoms with van der Waals surface area (Å²) in [6.45, 7) is -3.30. The molecule has 0 aliphatic rings. The average Bonchev–Trinajstić information content (AvgIpc) is 2.65. The average molecular weight is 452 g/mol. The zero-order chi connectivity index (χ0) is 22.5. The van der Waals surface area contributed by atoms with Crippen LogP contribution in [-0.4, -0.2) is 36.5 Å². The molecular formula is C17H13F5N2O5S. The number of nitrogens with one attached hydrogen (secondary N) is 1. The lowest BCUT2D eigenvalue weighted by Gasteiger charge is -2.14. The van der Waals surface area contributed by atoms with Crippen LogP contribution in [0.3, 0.4) is 0 Å². The number of thioether (sulfide) groups is 1. The molecular weight excluding hydrogens is 439 g/mol. The van der Waals surface area contributed by atoms with Gasteiger partial charge in [-0.15, -0.1) is 11.8 Å². The minimum atomic E-state index is -4.45. The summed E-state index contributed by atoms with van der Waals surface area (Å²) in [5.74, 6) is -3.29. The Kier molecular flexibility index (Phi) is 7.43. The first kappa shape index (κ1) is 23.2. The Morgan fingerprint density at radius 3 is 2.47 bits per heavy atom. The normalized spacial score (nSPS) is 11.3. The summed E-state index contributed by atoms with van der Waals surface area (Å²) in [5.41, 5.74) is -1.43. The molecule has 2 aromatic carbocycles. The number of methoxy groups -OCH3 is 1. The van der Waals surface area contributed by atoms with E-state index >= 15 is 0 Å². The number of para-hydroxylation sites is 1. The molecule has 0 unspecified atom stereocenters. The van der Waals surface area contributed by atoms with Crippen LogP contribution in [0.5, 0.6) is 11.5 Å². The van der Waals surface area contributed by atoms with Crippen LogP contribution < -0.4 is 14.8 Å². The number of nitro benzene ring substituents is 1. The molecule has 7 nitrogen and oxygen atoms in total. The van der Waals surface area contributed by atoms with Gasteiger partial charge in [-0.05, 0) is 12.1 Å². The predicted molar refractivity (Wildman–Crippen MR) is 97.5 cm³/mol. The first-order valence-electron chi connectivity index (χ1n) is 7.93. The first-order valence-corrected chi connectivity index (χ1v) is 8.91. The van der Waals surface area contributed by atoms with Crippen molar-refractivity contribution >= 4 is 29.0 Å². The number of hydrogen-bond acceptors (Lipinski definition) is 6. The quantitative estimate of drug-likeness (QED) is 0.259. The third-order valence-electron chi connectivity index (χ3n) is 3.47. The molecule has 0 saturated heterocycles. The van der Waals surface area contributed by atoms with Gasteiger partial charge in [0.05, 0.1) is 29.5 Å². The number of benzene rings is 2. The third kappa shape index (κ3) is 6.20. The predicted octanol–water partition coefficient (Wildman–Crippen LogP) is 5.11. The lowest BCUT2D eigenvalue weighted by Crippen LogP contribution is -2.16. The van der Waals surface area contributed by atoms with Gasteiger partial charge >= 0.3 is 12.8 Å². The highest BCUT2D eigenvalue weighted by atomic mass is 32.2. The Hall–Kier alpha value is -3.09. The molecule has 0 aliphatic heterocycles. The zero-order valence-corrected chi connectivity index (χ0v) is 15.9. The van der Waals surface area contributed by atoms with E-state index in [0.29, 0.717) is 17.8 Å². The monoisotopic (exact) mass is 452 g/mol. The molecule has 162 valence electrons. The fourth-order valence-corrected chi connectivity index (χ4v) is 3.04. The molecule has 0 bridgehead atoms. The lowest BCUT2D eigenvalue weighted by molar-refractivity contribution is -0.385. The van der Waals surface area contributed by atoms with Crippen molar-refractivity contribution < 1.29 is 41.1 Å². The second-order valence-electron chi connectivity index (χ2n) is 5.51. The maximum Gasteiger partial charge on any atom is 0.398 e. The topological polar surface area (TPSA) is 90.7 Å². The van der Waals surface area contributed by atoms with E-state index in [9.17, 15) is 36.9 Å². The van der Waals surface area contributed by atoms with Crippen LogP contribution in [0.4, 0.5) is 33.3 Å². The highest BCUT2D eigenvalue weighted by molar-refractivity contribution is 7.99. The van der Waals surface area contributed by atoms with E-state index < -0.39 is 46.4 Å². The van der Waals surface area contributed by atoms with Crippen LogP contribution in [0.1, 0.15) is 10.4 Å². The number of carbonyl (C=O) groups is 1. The van der Waals surface area contributed by atoms with Gasteiger partial charge in [0.15, 0.2) is 11.5 Å². The Labute approximate surface area is 170 Å². The second-order valence-corrected chi connectivity index (χ2v) is 6.53. The number of nitro groups is 1. The number of halogens is 5. The van der Waals surface area contributed by atoms with E-state index in [1.54, 1.807) is 0 Å². The summed E-state index contributed by atoms with van der Waals surface area (Å²) in [6.07, 6.45) is -4.45. The Morgan fingerprint density at radius 1 is 1.23 bits per heavy atom. The minimum Gasteiger partial charge on any atom is -0.493 e. The largest absolute Gasteiger partial charge is 0.493 e. The van der Waals surface area contributed by atoms with E-state index in [1.165, 1.54) is 24.3 Å². The van der Waals surface area contributed by atoms with Crippen molar-refractivity contribution in [1.29, 1.82) is 0 Å². The highest BCUT2D eigenvalue weighted by Crippen LogP contribution is 2.37. The fraction of sp³-hybridized carbons (Fsp3) is 0.235. The van der Waals surface area contributed by atoms with Crippen LogP contribution in [0.2, 0.25) is 0 Å². The summed E-state index contributed by atoms with van der Waals surface area (Å²) in [6, 6.07) is 6.98. The van der Waals surface area contributed by atoms with Gasteiger partial charge in [-0.3, -0.25) is 14.9 Å². The van der Waals surface area contributed by atoms with Gasteiger partial charge in [0.2, 0.25) is 0 Å². The van der Waals surface area contributed by atoms with Crippen molar-refractivity contribution in [3.05, 3.63) is 52.1 Å². The Bertz CT molecular complexity index is 939. The lowest BCUT2D eigenvalue weighted by atomic mass is 10.1. The van der Waals surface area contributed by atoms with Crippen molar-refractivity contribution in [3.8, 4) is 11.5 Å². The smallest absolute Gasteiger partial charge is 0.398 e. The summed E-state index contributed by atoms with van der Waals surface area (Å²) in [5, 5.41) is 13.6. The fourth-order valence-electron chi connectivity index (χ4n) is 2.27. The number of anilines is 1. The highest BCUT2D eigenvalue weighted by Gasteiger charge is 2.29. The van der Waals surface area contributed by atoms with Gasteiger partial charge in [0, 0.05) is 11.0 Å². The summed E-state index contributed by atoms with van der Waals surface area (Å²) >= 11 is 0.417. The molecule has 0 spiro atoms. The molecule has 1 amide bonds. The SMILES string of the molecule is COc1cc(C(=O)Nc2ccccc2SCC(F)(F)F)c([N+](=O)[O-])cc1OC(F)F. The van der Waals surface area contributed by atoms with E-state index in [-0.39, 0.29) is 16.3 Å². The van der Waals surface area contributed by atoms with E-state index in [1.807, 2.05) is 0 Å². The number of carbonyl (C=O) groups excluding carboxylic acids is 1. The van der Waals surface area contributed by atoms with Gasteiger partial charge in [-0.25, -0.2) is 0 Å².